The van der Waals surface area contributed by atoms with E-state index in [1.807, 2.05) is 60.6 Å². The number of hydrogen-bond acceptors (Lipinski definition) is 5. The van der Waals surface area contributed by atoms with Crippen LogP contribution >= 0.6 is 0 Å². The summed E-state index contributed by atoms with van der Waals surface area (Å²) in [6.45, 7) is 15.0. The molecular weight excluding hydrogens is 357 g/mol. The Morgan fingerprint density at radius 2 is 1.68 bits per heavy atom. The van der Waals surface area contributed by atoms with Crippen LogP contribution in [0.1, 0.15) is 59.9 Å². The molecule has 28 heavy (non-hydrogen) atoms. The van der Waals surface area contributed by atoms with E-state index in [-0.39, 0.29) is 12.0 Å². The van der Waals surface area contributed by atoms with Gasteiger partial charge in [-0.15, -0.1) is 0 Å². The summed E-state index contributed by atoms with van der Waals surface area (Å²) in [5.41, 5.74) is 0.769. The van der Waals surface area contributed by atoms with Gasteiger partial charge in [-0.25, -0.2) is 4.79 Å². The van der Waals surface area contributed by atoms with Crippen molar-refractivity contribution in [2.45, 2.75) is 71.2 Å². The minimum atomic E-state index is -0.484. The van der Waals surface area contributed by atoms with Crippen molar-refractivity contribution < 1.29 is 23.6 Å². The van der Waals surface area contributed by atoms with E-state index in [0.717, 1.165) is 16.8 Å². The van der Waals surface area contributed by atoms with Crippen molar-refractivity contribution >= 4 is 18.7 Å². The maximum atomic E-state index is 12.2. The molecule has 0 aromatic heterocycles. The standard InChI is InChI=1S/C21H32BNO5/c1-19(2,3)26-18(24)23-12-15(13-23)14-9-16(11-17(10-14)25-8)22-27-20(4,5)21(6,7)28-22/h9-11,15H,12-13H2,1-8H3. The lowest BCUT2D eigenvalue weighted by Crippen LogP contribution is -2.50. The van der Waals surface area contributed by atoms with Gasteiger partial charge in [-0.2, -0.15) is 0 Å². The molecule has 2 fully saturated rings. The Hall–Kier alpha value is -1.73. The summed E-state index contributed by atoms with van der Waals surface area (Å²) in [5.74, 6) is 1.00. The molecule has 0 spiro atoms. The van der Waals surface area contributed by atoms with Gasteiger partial charge in [-0.05, 0) is 71.6 Å². The maximum absolute atomic E-state index is 12.2. The van der Waals surface area contributed by atoms with E-state index in [1.165, 1.54) is 0 Å². The average molecular weight is 389 g/mol. The van der Waals surface area contributed by atoms with Gasteiger partial charge in [-0.3, -0.25) is 0 Å². The second-order valence-electron chi connectivity index (χ2n) is 9.71. The van der Waals surface area contributed by atoms with Crippen molar-refractivity contribution in [1.29, 1.82) is 0 Å². The first kappa shape index (κ1) is 21.0. The summed E-state index contributed by atoms with van der Waals surface area (Å²) in [6, 6.07) is 6.07. The van der Waals surface area contributed by atoms with Gasteiger partial charge in [-0.1, -0.05) is 6.07 Å². The number of amides is 1. The molecule has 1 amide bonds. The molecule has 1 aromatic rings. The zero-order valence-corrected chi connectivity index (χ0v) is 18.3. The SMILES string of the molecule is COc1cc(B2OC(C)(C)C(C)(C)O2)cc(C2CN(C(=O)OC(C)(C)C)C2)c1. The fourth-order valence-corrected chi connectivity index (χ4v) is 3.28. The van der Waals surface area contributed by atoms with Gasteiger partial charge in [0.25, 0.3) is 0 Å². The smallest absolute Gasteiger partial charge is 0.494 e. The van der Waals surface area contributed by atoms with Crippen LogP contribution in [0.3, 0.4) is 0 Å². The Morgan fingerprint density at radius 1 is 1.11 bits per heavy atom. The van der Waals surface area contributed by atoms with Gasteiger partial charge in [0.15, 0.2) is 0 Å². The molecule has 0 N–H and O–H groups in total. The number of rotatable bonds is 3. The summed E-state index contributed by atoms with van der Waals surface area (Å²) in [7, 11) is 1.21. The van der Waals surface area contributed by atoms with Crippen LogP contribution in [0.25, 0.3) is 0 Å². The predicted molar refractivity (Wildman–Crippen MR) is 109 cm³/mol. The number of ether oxygens (including phenoxy) is 2. The summed E-state index contributed by atoms with van der Waals surface area (Å²) in [5, 5.41) is 0. The Balaban J connectivity index is 1.74. The van der Waals surface area contributed by atoms with Crippen LogP contribution in [0.4, 0.5) is 4.79 Å². The molecule has 7 heteroatoms. The zero-order chi connectivity index (χ0) is 20.9. The monoisotopic (exact) mass is 389 g/mol. The van der Waals surface area contributed by atoms with Crippen LogP contribution in [-0.2, 0) is 14.0 Å². The number of hydrogen-bond donors (Lipinski definition) is 0. The van der Waals surface area contributed by atoms with Gasteiger partial charge >= 0.3 is 13.2 Å². The first-order chi connectivity index (χ1) is 12.8. The van der Waals surface area contributed by atoms with E-state index < -0.39 is 23.9 Å². The van der Waals surface area contributed by atoms with Gasteiger partial charge in [0.1, 0.15) is 11.4 Å². The number of carbonyl (C=O) groups excluding carboxylic acids is 1. The Bertz CT molecular complexity index is 734. The first-order valence-electron chi connectivity index (χ1n) is 9.84. The number of methoxy groups -OCH3 is 1. The Morgan fingerprint density at radius 3 is 2.18 bits per heavy atom. The molecule has 0 bridgehead atoms. The minimum absolute atomic E-state index is 0.240. The van der Waals surface area contributed by atoms with Crippen LogP contribution in [0.15, 0.2) is 18.2 Å². The number of carbonyl (C=O) groups is 1. The van der Waals surface area contributed by atoms with Crippen LogP contribution in [-0.4, -0.2) is 55.1 Å². The molecule has 2 heterocycles. The highest BCUT2D eigenvalue weighted by Gasteiger charge is 2.52. The lowest BCUT2D eigenvalue weighted by atomic mass is 9.76. The number of nitrogens with zero attached hydrogens (tertiary/aromatic N) is 1. The molecule has 3 rings (SSSR count). The molecule has 0 saturated carbocycles. The molecule has 0 aliphatic carbocycles. The zero-order valence-electron chi connectivity index (χ0n) is 18.3. The van der Waals surface area contributed by atoms with Crippen LogP contribution in [0, 0.1) is 0 Å². The van der Waals surface area contributed by atoms with E-state index in [1.54, 1.807) is 12.0 Å². The predicted octanol–water partition coefficient (Wildman–Crippen LogP) is 3.33. The second kappa shape index (κ2) is 6.96. The first-order valence-corrected chi connectivity index (χ1v) is 9.84. The number of likely N-dealkylation sites (tertiary alicyclic amines) is 1. The lowest BCUT2D eigenvalue weighted by Gasteiger charge is -2.40. The summed E-state index contributed by atoms with van der Waals surface area (Å²) in [6.07, 6.45) is -0.266. The van der Waals surface area contributed by atoms with Gasteiger partial charge in [0.05, 0.1) is 18.3 Å². The summed E-state index contributed by atoms with van der Waals surface area (Å²) >= 11 is 0. The molecule has 6 nitrogen and oxygen atoms in total. The molecule has 1 aromatic carbocycles. The normalized spacial score (nSPS) is 21.4. The van der Waals surface area contributed by atoms with Gasteiger partial charge in [0, 0.05) is 19.0 Å². The van der Waals surface area contributed by atoms with E-state index in [0.29, 0.717) is 13.1 Å². The Labute approximate surface area is 168 Å². The lowest BCUT2D eigenvalue weighted by molar-refractivity contribution is 0.00578. The van der Waals surface area contributed by atoms with Crippen LogP contribution < -0.4 is 10.2 Å². The summed E-state index contributed by atoms with van der Waals surface area (Å²) < 4.78 is 23.3. The quantitative estimate of drug-likeness (QED) is 0.743. The maximum Gasteiger partial charge on any atom is 0.494 e. The molecule has 154 valence electrons. The number of benzene rings is 1. The Kier molecular flexibility index (Phi) is 5.22. The fraction of sp³-hybridized carbons (Fsp3) is 0.667. The molecule has 2 aliphatic rings. The van der Waals surface area contributed by atoms with Gasteiger partial charge < -0.3 is 23.7 Å². The van der Waals surface area contributed by atoms with Crippen molar-refractivity contribution in [2.24, 2.45) is 0 Å². The average Bonchev–Trinajstić information content (AvgIpc) is 2.72. The van der Waals surface area contributed by atoms with Gasteiger partial charge in [0.2, 0.25) is 0 Å². The van der Waals surface area contributed by atoms with Crippen molar-refractivity contribution in [3.8, 4) is 5.75 Å². The third-order valence-corrected chi connectivity index (χ3v) is 5.72. The van der Waals surface area contributed by atoms with Crippen LogP contribution in [0.2, 0.25) is 0 Å². The topological polar surface area (TPSA) is 57.2 Å². The van der Waals surface area contributed by atoms with E-state index >= 15 is 0 Å². The second-order valence-corrected chi connectivity index (χ2v) is 9.71. The third kappa shape index (κ3) is 4.15. The van der Waals surface area contributed by atoms with E-state index in [4.69, 9.17) is 18.8 Å². The van der Waals surface area contributed by atoms with Crippen molar-refractivity contribution in [3.05, 3.63) is 23.8 Å². The highest BCUT2D eigenvalue weighted by Crippen LogP contribution is 2.37. The van der Waals surface area contributed by atoms with Crippen molar-refractivity contribution in [2.75, 3.05) is 20.2 Å². The molecule has 2 saturated heterocycles. The van der Waals surface area contributed by atoms with Crippen molar-refractivity contribution in [1.82, 2.24) is 4.90 Å². The highest BCUT2D eigenvalue weighted by atomic mass is 16.7. The molecule has 2 aliphatic heterocycles. The molecular formula is C21H32BNO5. The summed E-state index contributed by atoms with van der Waals surface area (Å²) in [4.78, 5) is 13.9. The fourth-order valence-electron chi connectivity index (χ4n) is 3.28. The van der Waals surface area contributed by atoms with Crippen LogP contribution in [0.5, 0.6) is 5.75 Å². The van der Waals surface area contributed by atoms with E-state index in [2.05, 4.69) is 6.07 Å². The molecule has 0 unspecified atom stereocenters. The minimum Gasteiger partial charge on any atom is -0.497 e. The van der Waals surface area contributed by atoms with Crippen molar-refractivity contribution in [3.63, 3.8) is 0 Å². The largest absolute Gasteiger partial charge is 0.497 e. The molecule has 0 radical (unpaired) electrons. The molecule has 0 atom stereocenters. The highest BCUT2D eigenvalue weighted by molar-refractivity contribution is 6.62. The van der Waals surface area contributed by atoms with E-state index in [9.17, 15) is 4.79 Å². The third-order valence-electron chi connectivity index (χ3n) is 5.72.